The average Bonchev–Trinajstić information content (AvgIpc) is 3.36. The number of hydrogen-bond donors (Lipinski definition) is 2. The van der Waals surface area contributed by atoms with E-state index in [0.717, 1.165) is 37.4 Å². The number of benzene rings is 2. The zero-order chi connectivity index (χ0) is 18.5. The molecule has 0 spiro atoms. The molecule has 1 aromatic heterocycles. The minimum absolute atomic E-state index is 0. The van der Waals surface area contributed by atoms with Crippen LogP contribution in [0, 0.1) is 0 Å². The topological polar surface area (TPSA) is 54.2 Å². The van der Waals surface area contributed by atoms with Crippen molar-refractivity contribution in [3.8, 4) is 0 Å². The van der Waals surface area contributed by atoms with E-state index in [4.69, 9.17) is 0 Å². The molecule has 0 unspecified atom stereocenters. The third kappa shape index (κ3) is 4.92. The van der Waals surface area contributed by atoms with Crippen molar-refractivity contribution in [2.24, 2.45) is 4.99 Å². The molecule has 0 amide bonds. The van der Waals surface area contributed by atoms with Crippen LogP contribution in [0.4, 0.5) is 0 Å². The Balaban J connectivity index is 0.00000225. The number of guanidine groups is 1. The fourth-order valence-electron chi connectivity index (χ4n) is 3.40. The van der Waals surface area contributed by atoms with Crippen LogP contribution < -0.4 is 10.6 Å². The smallest absolute Gasteiger partial charge is 0.191 e. The number of aliphatic imine (C=N–C) groups is 1. The quantitative estimate of drug-likeness (QED) is 0.247. The Morgan fingerprint density at radius 2 is 1.79 bits per heavy atom. The lowest BCUT2D eigenvalue weighted by Gasteiger charge is -2.17. The standard InChI is InChI=1S/C22H25N5.HI/c1-23-22(26-19-6-2-3-7-19)24-14-17-10-12-18(13-11-17)15-27-16-25-20-8-4-5-9-21(20)27;/h2-5,8-13,16,19H,6-7,14-15H2,1H3,(H2,23,24,26);1H. The molecule has 146 valence electrons. The van der Waals surface area contributed by atoms with Gasteiger partial charge in [0, 0.05) is 26.2 Å². The van der Waals surface area contributed by atoms with Crippen molar-refractivity contribution in [1.29, 1.82) is 0 Å². The lowest BCUT2D eigenvalue weighted by molar-refractivity contribution is 0.633. The van der Waals surface area contributed by atoms with Crippen molar-refractivity contribution >= 4 is 41.0 Å². The highest BCUT2D eigenvalue weighted by molar-refractivity contribution is 14.0. The Labute approximate surface area is 183 Å². The van der Waals surface area contributed by atoms with E-state index in [2.05, 4.69) is 73.7 Å². The summed E-state index contributed by atoms with van der Waals surface area (Å²) in [6, 6.07) is 17.4. The number of rotatable bonds is 5. The van der Waals surface area contributed by atoms with E-state index in [-0.39, 0.29) is 24.0 Å². The van der Waals surface area contributed by atoms with Crippen LogP contribution in [-0.2, 0) is 13.1 Å². The summed E-state index contributed by atoms with van der Waals surface area (Å²) in [5, 5.41) is 6.86. The van der Waals surface area contributed by atoms with Gasteiger partial charge in [-0.05, 0) is 36.1 Å². The molecule has 0 saturated carbocycles. The van der Waals surface area contributed by atoms with Crippen molar-refractivity contribution in [3.63, 3.8) is 0 Å². The summed E-state index contributed by atoms with van der Waals surface area (Å²) in [7, 11) is 1.82. The Morgan fingerprint density at radius 1 is 1.07 bits per heavy atom. The number of imidazole rings is 1. The number of nitrogens with one attached hydrogen (secondary N) is 2. The monoisotopic (exact) mass is 487 g/mol. The molecular formula is C22H26IN5. The number of hydrogen-bond acceptors (Lipinski definition) is 2. The minimum atomic E-state index is 0. The molecule has 0 bridgehead atoms. The van der Waals surface area contributed by atoms with Gasteiger partial charge in [0.15, 0.2) is 5.96 Å². The van der Waals surface area contributed by atoms with Crippen LogP contribution in [0.1, 0.15) is 24.0 Å². The van der Waals surface area contributed by atoms with E-state index in [1.165, 1.54) is 16.6 Å². The van der Waals surface area contributed by atoms with Crippen molar-refractivity contribution in [3.05, 3.63) is 78.1 Å². The summed E-state index contributed by atoms with van der Waals surface area (Å²) in [4.78, 5) is 8.78. The Kier molecular flexibility index (Phi) is 7.08. The first kappa shape index (κ1) is 20.4. The first-order valence-electron chi connectivity index (χ1n) is 9.42. The highest BCUT2D eigenvalue weighted by Crippen LogP contribution is 2.14. The molecule has 6 heteroatoms. The molecule has 3 aromatic rings. The fraction of sp³-hybridized carbons (Fsp3) is 0.273. The highest BCUT2D eigenvalue weighted by atomic mass is 127. The van der Waals surface area contributed by atoms with Gasteiger partial charge in [-0.25, -0.2) is 4.98 Å². The molecule has 0 saturated heterocycles. The van der Waals surface area contributed by atoms with Crippen molar-refractivity contribution in [1.82, 2.24) is 20.2 Å². The van der Waals surface area contributed by atoms with Crippen LogP contribution in [0.3, 0.4) is 0 Å². The number of aromatic nitrogens is 2. The van der Waals surface area contributed by atoms with Crippen LogP contribution in [0.2, 0.25) is 0 Å². The van der Waals surface area contributed by atoms with Crippen LogP contribution in [0.25, 0.3) is 11.0 Å². The van der Waals surface area contributed by atoms with E-state index in [1.54, 1.807) is 0 Å². The summed E-state index contributed by atoms with van der Waals surface area (Å²) in [6.45, 7) is 1.58. The van der Waals surface area contributed by atoms with Gasteiger partial charge in [0.05, 0.1) is 17.4 Å². The number of nitrogens with zero attached hydrogens (tertiary/aromatic N) is 3. The Bertz CT molecular complexity index is 950. The van der Waals surface area contributed by atoms with E-state index in [1.807, 2.05) is 25.5 Å². The van der Waals surface area contributed by atoms with Gasteiger partial charge < -0.3 is 15.2 Å². The van der Waals surface area contributed by atoms with Crippen molar-refractivity contribution in [2.75, 3.05) is 7.05 Å². The first-order valence-corrected chi connectivity index (χ1v) is 9.42. The highest BCUT2D eigenvalue weighted by Gasteiger charge is 2.11. The average molecular weight is 487 g/mol. The SMILES string of the molecule is CN=C(NCc1ccc(Cn2cnc3ccccc32)cc1)NC1CC=CC1.I. The number of halogens is 1. The predicted molar refractivity (Wildman–Crippen MR) is 126 cm³/mol. The zero-order valence-corrected chi connectivity index (χ0v) is 18.3. The maximum atomic E-state index is 4.46. The molecule has 4 rings (SSSR count). The molecule has 1 heterocycles. The normalized spacial score (nSPS) is 14.2. The summed E-state index contributed by atoms with van der Waals surface area (Å²) in [6.07, 6.45) is 8.48. The van der Waals surface area contributed by atoms with E-state index >= 15 is 0 Å². The van der Waals surface area contributed by atoms with Gasteiger partial charge >= 0.3 is 0 Å². The molecule has 2 N–H and O–H groups in total. The van der Waals surface area contributed by atoms with Crippen molar-refractivity contribution in [2.45, 2.75) is 32.0 Å². The second kappa shape index (κ2) is 9.73. The van der Waals surface area contributed by atoms with Crippen LogP contribution in [-0.4, -0.2) is 28.6 Å². The second-order valence-corrected chi connectivity index (χ2v) is 6.89. The van der Waals surface area contributed by atoms with Gasteiger partial charge in [-0.3, -0.25) is 4.99 Å². The summed E-state index contributed by atoms with van der Waals surface area (Å²) in [5.41, 5.74) is 4.71. The molecule has 1 aliphatic carbocycles. The van der Waals surface area contributed by atoms with Gasteiger partial charge in [0.25, 0.3) is 0 Å². The lowest BCUT2D eigenvalue weighted by atomic mass is 10.1. The molecule has 0 aliphatic heterocycles. The third-order valence-electron chi connectivity index (χ3n) is 4.94. The molecule has 0 fully saturated rings. The zero-order valence-electron chi connectivity index (χ0n) is 16.0. The first-order chi connectivity index (χ1) is 13.3. The molecular weight excluding hydrogens is 461 g/mol. The minimum Gasteiger partial charge on any atom is -0.353 e. The summed E-state index contributed by atoms with van der Waals surface area (Å²) >= 11 is 0. The fourth-order valence-corrected chi connectivity index (χ4v) is 3.40. The van der Waals surface area contributed by atoms with Gasteiger partial charge in [-0.15, -0.1) is 24.0 Å². The van der Waals surface area contributed by atoms with Crippen LogP contribution in [0.5, 0.6) is 0 Å². The van der Waals surface area contributed by atoms with E-state index in [9.17, 15) is 0 Å². The van der Waals surface area contributed by atoms with Gasteiger partial charge in [-0.1, -0.05) is 48.6 Å². The lowest BCUT2D eigenvalue weighted by Crippen LogP contribution is -2.42. The maximum Gasteiger partial charge on any atom is 0.191 e. The van der Waals surface area contributed by atoms with E-state index < -0.39 is 0 Å². The molecule has 0 radical (unpaired) electrons. The van der Waals surface area contributed by atoms with Crippen LogP contribution >= 0.6 is 24.0 Å². The third-order valence-corrected chi connectivity index (χ3v) is 4.94. The molecule has 0 atom stereocenters. The van der Waals surface area contributed by atoms with E-state index in [0.29, 0.717) is 6.04 Å². The summed E-state index contributed by atoms with van der Waals surface area (Å²) in [5.74, 6) is 0.859. The van der Waals surface area contributed by atoms with Gasteiger partial charge in [0.2, 0.25) is 0 Å². The number of fused-ring (bicyclic) bond motifs is 1. The maximum absolute atomic E-state index is 4.46. The van der Waals surface area contributed by atoms with Gasteiger partial charge in [0.1, 0.15) is 0 Å². The largest absolute Gasteiger partial charge is 0.353 e. The second-order valence-electron chi connectivity index (χ2n) is 6.89. The molecule has 5 nitrogen and oxygen atoms in total. The Morgan fingerprint density at radius 3 is 2.54 bits per heavy atom. The van der Waals surface area contributed by atoms with Gasteiger partial charge in [-0.2, -0.15) is 0 Å². The number of para-hydroxylation sites is 2. The predicted octanol–water partition coefficient (Wildman–Crippen LogP) is 4.09. The van der Waals surface area contributed by atoms with Crippen LogP contribution in [0.15, 0.2) is 72.0 Å². The van der Waals surface area contributed by atoms with Crippen molar-refractivity contribution < 1.29 is 0 Å². The molecule has 2 aromatic carbocycles. The Hall–Kier alpha value is -2.35. The molecule has 28 heavy (non-hydrogen) atoms. The molecule has 1 aliphatic rings. The summed E-state index contributed by atoms with van der Waals surface area (Å²) < 4.78 is 2.18.